The van der Waals surface area contributed by atoms with Gasteiger partial charge in [-0.25, -0.2) is 4.79 Å². The van der Waals surface area contributed by atoms with Gasteiger partial charge in [0, 0.05) is 24.6 Å². The number of carboxylic acids is 1. The van der Waals surface area contributed by atoms with Crippen LogP contribution in [0.3, 0.4) is 0 Å². The van der Waals surface area contributed by atoms with E-state index < -0.39 is 5.97 Å². The van der Waals surface area contributed by atoms with Gasteiger partial charge in [-0.2, -0.15) is 0 Å². The maximum absolute atomic E-state index is 10.8. The van der Waals surface area contributed by atoms with Gasteiger partial charge in [0.25, 0.3) is 0 Å². The predicted octanol–water partition coefficient (Wildman–Crippen LogP) is 2.66. The number of aliphatic carboxylic acids is 1. The van der Waals surface area contributed by atoms with E-state index in [1.165, 1.54) is 0 Å². The molecule has 1 rings (SSSR count). The van der Waals surface area contributed by atoms with E-state index >= 15 is 0 Å². The fourth-order valence-electron chi connectivity index (χ4n) is 1.43. The number of aromatic nitrogens is 1. The second-order valence-electron chi connectivity index (χ2n) is 3.84. The lowest BCUT2D eigenvalue weighted by atomic mass is 10.2. The smallest absolute Gasteiger partial charge is 0.335 e. The number of allylic oxidation sites excluding steroid dienone is 3. The molecule has 1 aromatic heterocycles. The summed E-state index contributed by atoms with van der Waals surface area (Å²) >= 11 is 0. The zero-order valence-corrected chi connectivity index (χ0v) is 11.1. The Labute approximate surface area is 113 Å². The average molecular weight is 258 g/mol. The summed E-state index contributed by atoms with van der Waals surface area (Å²) in [6.07, 6.45) is 10.3. The van der Waals surface area contributed by atoms with E-state index in [-0.39, 0.29) is 5.57 Å². The van der Waals surface area contributed by atoms with Gasteiger partial charge in [-0.05, 0) is 43.7 Å². The minimum absolute atomic E-state index is 0.269. The monoisotopic (exact) mass is 258 g/mol. The Morgan fingerprint density at radius 1 is 1.26 bits per heavy atom. The summed E-state index contributed by atoms with van der Waals surface area (Å²) in [4.78, 5) is 14.8. The van der Waals surface area contributed by atoms with Crippen LogP contribution in [0, 0.1) is 0 Å². The number of carboxylic acid groups (broad SMARTS) is 1. The first-order chi connectivity index (χ1) is 9.17. The molecule has 0 fully saturated rings. The molecular formula is C15H18N2O2. The Morgan fingerprint density at radius 2 is 1.95 bits per heavy atom. The van der Waals surface area contributed by atoms with Gasteiger partial charge >= 0.3 is 5.97 Å². The first-order valence-corrected chi connectivity index (χ1v) is 6.04. The van der Waals surface area contributed by atoms with Crippen molar-refractivity contribution in [2.45, 2.75) is 20.4 Å². The zero-order chi connectivity index (χ0) is 14.1. The standard InChI is InChI=1S/C15H18N2O2/c1-3-13(15(18)19)5-6-14(4-2)17-11-12-7-9-16-10-8-12/h3-10,17H,11H2,1-2H3,(H,18,19)/b6-5-,13-3+,14-4+. The average Bonchev–Trinajstić information content (AvgIpc) is 2.43. The van der Waals surface area contributed by atoms with Gasteiger partial charge in [0.05, 0.1) is 5.57 Å². The van der Waals surface area contributed by atoms with Crippen LogP contribution in [0.15, 0.2) is 60.1 Å². The van der Waals surface area contributed by atoms with Gasteiger partial charge in [-0.1, -0.05) is 12.2 Å². The Kier molecular flexibility index (Phi) is 6.09. The lowest BCUT2D eigenvalue weighted by molar-refractivity contribution is -0.132. The third-order valence-corrected chi connectivity index (χ3v) is 2.56. The second kappa shape index (κ2) is 7.87. The molecule has 0 aromatic carbocycles. The van der Waals surface area contributed by atoms with Gasteiger partial charge in [0.2, 0.25) is 0 Å². The lowest BCUT2D eigenvalue weighted by Gasteiger charge is -2.06. The van der Waals surface area contributed by atoms with E-state index in [0.29, 0.717) is 6.54 Å². The molecule has 0 aliphatic carbocycles. The van der Waals surface area contributed by atoms with Crippen molar-refractivity contribution in [1.82, 2.24) is 10.3 Å². The van der Waals surface area contributed by atoms with Crippen LogP contribution < -0.4 is 5.32 Å². The van der Waals surface area contributed by atoms with Crippen molar-refractivity contribution in [2.24, 2.45) is 0 Å². The first-order valence-electron chi connectivity index (χ1n) is 6.04. The molecule has 0 aliphatic rings. The highest BCUT2D eigenvalue weighted by atomic mass is 16.4. The quantitative estimate of drug-likeness (QED) is 0.608. The van der Waals surface area contributed by atoms with Crippen LogP contribution in [0.4, 0.5) is 0 Å². The highest BCUT2D eigenvalue weighted by Gasteiger charge is 2.00. The van der Waals surface area contributed by atoms with Crippen molar-refractivity contribution in [1.29, 1.82) is 0 Å². The lowest BCUT2D eigenvalue weighted by Crippen LogP contribution is -2.11. The van der Waals surface area contributed by atoms with Crippen molar-refractivity contribution >= 4 is 5.97 Å². The normalized spacial score (nSPS) is 12.7. The van der Waals surface area contributed by atoms with Crippen LogP contribution in [0.2, 0.25) is 0 Å². The summed E-state index contributed by atoms with van der Waals surface area (Å²) in [5, 5.41) is 12.1. The van der Waals surface area contributed by atoms with Crippen LogP contribution in [0.5, 0.6) is 0 Å². The minimum Gasteiger partial charge on any atom is -0.478 e. The summed E-state index contributed by atoms with van der Waals surface area (Å²) in [6, 6.07) is 3.86. The number of hydrogen-bond acceptors (Lipinski definition) is 3. The van der Waals surface area contributed by atoms with Crippen molar-refractivity contribution < 1.29 is 9.90 Å². The van der Waals surface area contributed by atoms with Crippen molar-refractivity contribution in [2.75, 3.05) is 0 Å². The maximum atomic E-state index is 10.8. The molecular weight excluding hydrogens is 240 g/mol. The third-order valence-electron chi connectivity index (χ3n) is 2.56. The Hall–Kier alpha value is -2.36. The zero-order valence-electron chi connectivity index (χ0n) is 11.1. The van der Waals surface area contributed by atoms with Gasteiger partial charge in [-0.15, -0.1) is 0 Å². The van der Waals surface area contributed by atoms with Gasteiger partial charge in [0.15, 0.2) is 0 Å². The number of nitrogens with one attached hydrogen (secondary N) is 1. The van der Waals surface area contributed by atoms with Crippen LogP contribution in [-0.2, 0) is 11.3 Å². The molecule has 0 bridgehead atoms. The molecule has 0 amide bonds. The van der Waals surface area contributed by atoms with Gasteiger partial charge < -0.3 is 10.4 Å². The molecule has 19 heavy (non-hydrogen) atoms. The van der Waals surface area contributed by atoms with Crippen LogP contribution in [0.1, 0.15) is 19.4 Å². The molecule has 0 aliphatic heterocycles. The van der Waals surface area contributed by atoms with E-state index in [4.69, 9.17) is 5.11 Å². The van der Waals surface area contributed by atoms with Crippen molar-refractivity contribution in [3.8, 4) is 0 Å². The fourth-order valence-corrected chi connectivity index (χ4v) is 1.43. The molecule has 0 spiro atoms. The summed E-state index contributed by atoms with van der Waals surface area (Å²) in [7, 11) is 0. The molecule has 1 aromatic rings. The molecule has 100 valence electrons. The van der Waals surface area contributed by atoms with E-state index in [0.717, 1.165) is 11.3 Å². The fraction of sp³-hybridized carbons (Fsp3) is 0.200. The Morgan fingerprint density at radius 3 is 2.47 bits per heavy atom. The molecule has 4 nitrogen and oxygen atoms in total. The summed E-state index contributed by atoms with van der Waals surface area (Å²) < 4.78 is 0. The highest BCUT2D eigenvalue weighted by molar-refractivity contribution is 5.89. The number of nitrogens with zero attached hydrogens (tertiary/aromatic N) is 1. The minimum atomic E-state index is -0.927. The topological polar surface area (TPSA) is 62.2 Å². The Bertz CT molecular complexity index is 502. The van der Waals surface area contributed by atoms with E-state index in [1.54, 1.807) is 37.5 Å². The summed E-state index contributed by atoms with van der Waals surface area (Å²) in [5.74, 6) is -0.927. The number of rotatable bonds is 6. The van der Waals surface area contributed by atoms with Crippen molar-refractivity contribution in [3.05, 3.63) is 65.7 Å². The second-order valence-corrected chi connectivity index (χ2v) is 3.84. The molecule has 0 radical (unpaired) electrons. The van der Waals surface area contributed by atoms with Crippen LogP contribution in [-0.4, -0.2) is 16.1 Å². The summed E-state index contributed by atoms with van der Waals surface area (Å²) in [5.41, 5.74) is 2.26. The Balaban J connectivity index is 2.61. The first kappa shape index (κ1) is 14.7. The SMILES string of the molecule is C\C=C(/C=C\C(=C/C)C(=O)O)NCc1ccncc1. The van der Waals surface area contributed by atoms with E-state index in [1.807, 2.05) is 25.1 Å². The third kappa shape index (κ3) is 5.21. The molecule has 0 saturated carbocycles. The molecule has 4 heteroatoms. The van der Waals surface area contributed by atoms with E-state index in [9.17, 15) is 4.79 Å². The maximum Gasteiger partial charge on any atom is 0.335 e. The van der Waals surface area contributed by atoms with Crippen LogP contribution in [0.25, 0.3) is 0 Å². The number of hydrogen-bond donors (Lipinski definition) is 2. The van der Waals surface area contributed by atoms with Crippen LogP contribution >= 0.6 is 0 Å². The molecule has 2 N–H and O–H groups in total. The highest BCUT2D eigenvalue weighted by Crippen LogP contribution is 2.03. The predicted molar refractivity (Wildman–Crippen MR) is 75.4 cm³/mol. The largest absolute Gasteiger partial charge is 0.478 e. The van der Waals surface area contributed by atoms with Crippen molar-refractivity contribution in [3.63, 3.8) is 0 Å². The molecule has 0 unspecified atom stereocenters. The molecule has 0 atom stereocenters. The summed E-state index contributed by atoms with van der Waals surface area (Å²) in [6.45, 7) is 4.27. The number of pyridine rings is 1. The molecule has 1 heterocycles. The van der Waals surface area contributed by atoms with Gasteiger partial charge in [-0.3, -0.25) is 4.98 Å². The molecule has 0 saturated heterocycles. The van der Waals surface area contributed by atoms with Gasteiger partial charge in [0.1, 0.15) is 0 Å². The number of carbonyl (C=O) groups is 1. The van der Waals surface area contributed by atoms with E-state index in [2.05, 4.69) is 10.3 Å².